The van der Waals surface area contributed by atoms with E-state index in [-0.39, 0.29) is 0 Å². The van der Waals surface area contributed by atoms with Crippen molar-refractivity contribution in [3.63, 3.8) is 0 Å². The van der Waals surface area contributed by atoms with E-state index >= 15 is 0 Å². The van der Waals surface area contributed by atoms with Crippen molar-refractivity contribution in [2.45, 2.75) is 229 Å². The number of nitrogens with one attached hydrogen (secondary N) is 2. The lowest BCUT2D eigenvalue weighted by Crippen LogP contribution is -2.70. The summed E-state index contributed by atoms with van der Waals surface area (Å²) in [5.41, 5.74) is 0. The molecule has 6 aliphatic heterocycles. The van der Waals surface area contributed by atoms with Crippen molar-refractivity contribution in [2.75, 3.05) is 39.6 Å². The van der Waals surface area contributed by atoms with E-state index in [1.54, 1.807) is 0 Å². The summed E-state index contributed by atoms with van der Waals surface area (Å²) in [6.07, 6.45) is -71.0. The van der Waals surface area contributed by atoms with Gasteiger partial charge in [0.1, 0.15) is 153 Å². The van der Waals surface area contributed by atoms with Crippen LogP contribution in [0.1, 0.15) is 20.8 Å². The van der Waals surface area contributed by atoms with E-state index in [9.17, 15) is 125 Å². The molecule has 23 N–H and O–H groups in total. The molecule has 6 fully saturated rings. The number of hydrogen-bond acceptors (Lipinski definition) is 37. The number of amides is 2. The zero-order chi connectivity index (χ0) is 65.7. The number of aliphatic carboxylic acids is 1. The van der Waals surface area contributed by atoms with Crippen LogP contribution in [0.15, 0.2) is 0 Å². The van der Waals surface area contributed by atoms with Crippen LogP contribution in [0.4, 0.5) is 0 Å². The molecule has 0 radical (unpaired) electrons. The van der Waals surface area contributed by atoms with Crippen LogP contribution in [0.3, 0.4) is 0 Å². The molecule has 41 nitrogen and oxygen atoms in total. The maximum Gasteiger partial charge on any atom is 0.397 e. The van der Waals surface area contributed by atoms with E-state index in [0.29, 0.717) is 0 Å². The number of rotatable bonds is 26. The predicted molar refractivity (Wildman–Crippen MR) is 267 cm³/mol. The molecular formula is C46H78N2O39S. The van der Waals surface area contributed by atoms with Gasteiger partial charge in [-0.25, -0.2) is 8.98 Å². The number of carboxylic acids is 1. The molecule has 0 unspecified atom stereocenters. The number of aliphatic hydroxyl groups excluding tert-OH is 19. The summed E-state index contributed by atoms with van der Waals surface area (Å²) in [4.78, 5) is 36.9. The quantitative estimate of drug-likeness (QED) is 0.0358. The lowest BCUT2D eigenvalue weighted by molar-refractivity contribution is -0.416. The molecule has 6 rings (SSSR count). The lowest BCUT2D eigenvalue weighted by atomic mass is 9.94. The number of ether oxygens (including phenoxy) is 12. The van der Waals surface area contributed by atoms with Crippen LogP contribution < -0.4 is 10.6 Å². The van der Waals surface area contributed by atoms with Crippen molar-refractivity contribution in [3.05, 3.63) is 0 Å². The van der Waals surface area contributed by atoms with Crippen molar-refractivity contribution in [1.82, 2.24) is 10.6 Å². The Labute approximate surface area is 497 Å². The Bertz CT molecular complexity index is 2340. The van der Waals surface area contributed by atoms with Gasteiger partial charge < -0.3 is 170 Å². The Morgan fingerprint density at radius 2 is 0.989 bits per heavy atom. The third-order valence-corrected chi connectivity index (χ3v) is 15.5. The first kappa shape index (κ1) is 74.1. The first-order valence-electron chi connectivity index (χ1n) is 27.0. The second-order valence-corrected chi connectivity index (χ2v) is 22.5. The molecule has 0 aromatic rings. The van der Waals surface area contributed by atoms with E-state index in [1.165, 1.54) is 6.92 Å². The molecule has 34 atom stereocenters. The smallest absolute Gasteiger partial charge is 0.397 e. The van der Waals surface area contributed by atoms with Crippen LogP contribution in [0.5, 0.6) is 0 Å². The Balaban J connectivity index is 1.46. The summed E-state index contributed by atoms with van der Waals surface area (Å²) in [5.74, 6) is -3.77. The van der Waals surface area contributed by atoms with Gasteiger partial charge >= 0.3 is 16.4 Å². The molecule has 6 heterocycles. The van der Waals surface area contributed by atoms with Crippen molar-refractivity contribution >= 4 is 28.2 Å². The van der Waals surface area contributed by atoms with Gasteiger partial charge in [-0.3, -0.25) is 14.1 Å². The van der Waals surface area contributed by atoms with Gasteiger partial charge in [-0.15, -0.1) is 0 Å². The molecular weight excluding hydrogens is 1240 g/mol. The number of aliphatic hydroxyl groups is 19. The minimum atomic E-state index is -5.21. The first-order valence-corrected chi connectivity index (χ1v) is 28.4. The van der Waals surface area contributed by atoms with Crippen molar-refractivity contribution in [3.8, 4) is 0 Å². The average molecular weight is 1320 g/mol. The van der Waals surface area contributed by atoms with Crippen LogP contribution in [-0.2, 0) is 85.8 Å². The largest absolute Gasteiger partial charge is 0.479 e. The van der Waals surface area contributed by atoms with Crippen LogP contribution in [0.2, 0.25) is 0 Å². The van der Waals surface area contributed by atoms with Crippen LogP contribution in [0, 0.1) is 0 Å². The van der Waals surface area contributed by atoms with Crippen LogP contribution in [0.25, 0.3) is 0 Å². The first-order chi connectivity index (χ1) is 41.2. The zero-order valence-electron chi connectivity index (χ0n) is 46.5. The molecule has 0 saturated carbocycles. The fourth-order valence-electron chi connectivity index (χ4n) is 10.3. The topological polar surface area (TPSA) is 654 Å². The number of carbonyl (C=O) groups is 3. The van der Waals surface area contributed by atoms with Gasteiger partial charge in [-0.1, -0.05) is 0 Å². The summed E-state index contributed by atoms with van der Waals surface area (Å²) in [6.45, 7) is -4.28. The molecule has 42 heteroatoms. The molecule has 0 aromatic heterocycles. The highest BCUT2D eigenvalue weighted by molar-refractivity contribution is 7.80. The Kier molecular flexibility index (Phi) is 26.8. The third-order valence-electron chi connectivity index (χ3n) is 15.1. The Hall–Kier alpha value is -2.96. The van der Waals surface area contributed by atoms with Gasteiger partial charge in [0.25, 0.3) is 0 Å². The SMILES string of the molecule is CC(=O)N[C@H]1[C@H](OC[C@@H](O)[C@H](O)[C@H](O[C@@H]2O[C@H](CO)[C@H](O[C@@H]3O[C@H](CO)[C@H](O)[C@H](O)[C@H]3O)[C@H](O[C@@H]3O[C@H](CO)[C@H](O)[C@H](O[C@@H]4O[C@H](C(=O)O)[C@@H](O)[C@H](O)[C@H]4O)[C@H]3O)[C@H]2O[C@@H]2O[C@@H](C)[C@@H](O)[C@@H](O)[C@@H]2O)[C@H](CO)NC(C)=O)O[C@H](COS(=O)(=O)O)[C@@H](O)[C@@H]1O. The van der Waals surface area contributed by atoms with E-state index in [2.05, 4.69) is 14.8 Å². The second-order valence-electron chi connectivity index (χ2n) is 21.4. The van der Waals surface area contributed by atoms with Gasteiger partial charge in [0.2, 0.25) is 11.8 Å². The Morgan fingerprint density at radius 1 is 0.511 bits per heavy atom. The molecule has 0 bridgehead atoms. The van der Waals surface area contributed by atoms with Gasteiger partial charge in [0, 0.05) is 13.8 Å². The zero-order valence-corrected chi connectivity index (χ0v) is 47.3. The minimum absolute atomic E-state index is 0.883. The average Bonchev–Trinajstić information content (AvgIpc) is 2.61. The lowest BCUT2D eigenvalue weighted by Gasteiger charge is -2.52. The number of carbonyl (C=O) groups excluding carboxylic acids is 2. The van der Waals surface area contributed by atoms with Crippen LogP contribution >= 0.6 is 0 Å². The molecule has 0 aliphatic carbocycles. The van der Waals surface area contributed by atoms with Crippen molar-refractivity contribution in [1.29, 1.82) is 0 Å². The van der Waals surface area contributed by atoms with E-state index in [1.807, 2.05) is 0 Å². The normalized spacial score (nSPS) is 44.9. The molecule has 6 saturated heterocycles. The maximum absolute atomic E-state index is 12.7. The fraction of sp³-hybridized carbons (Fsp3) is 0.935. The van der Waals surface area contributed by atoms with Gasteiger partial charge in [-0.2, -0.15) is 8.42 Å². The number of carboxylic acid groups (broad SMARTS) is 1. The highest BCUT2D eigenvalue weighted by atomic mass is 32.3. The summed E-state index contributed by atoms with van der Waals surface area (Å²) in [6, 6.07) is -3.71. The Morgan fingerprint density at radius 3 is 1.53 bits per heavy atom. The second kappa shape index (κ2) is 31.8. The molecule has 0 aromatic carbocycles. The van der Waals surface area contributed by atoms with E-state index in [0.717, 1.165) is 13.8 Å². The molecule has 6 aliphatic rings. The van der Waals surface area contributed by atoms with E-state index in [4.69, 9.17) is 61.4 Å². The van der Waals surface area contributed by atoms with Crippen molar-refractivity contribution in [2.24, 2.45) is 0 Å². The van der Waals surface area contributed by atoms with E-state index < -0.39 is 276 Å². The fourth-order valence-corrected chi connectivity index (χ4v) is 10.6. The monoisotopic (exact) mass is 1310 g/mol. The molecule has 0 spiro atoms. The number of hydrogen-bond donors (Lipinski definition) is 23. The summed E-state index contributed by atoms with van der Waals surface area (Å²) in [7, 11) is -5.21. The van der Waals surface area contributed by atoms with Crippen molar-refractivity contribution < 1.29 is 191 Å². The molecule has 88 heavy (non-hydrogen) atoms. The summed E-state index contributed by atoms with van der Waals surface area (Å²) < 4.78 is 106. The minimum Gasteiger partial charge on any atom is -0.479 e. The highest BCUT2D eigenvalue weighted by Crippen LogP contribution is 2.39. The van der Waals surface area contributed by atoms with Gasteiger partial charge in [0.15, 0.2) is 43.8 Å². The molecule has 512 valence electrons. The standard InChI is InChI=1S/C46H78N2O39S/c1-10-20(56)26(62)30(66)42(77-10)87-39-38(86-45-33(69)36(24(60)16(6-51)79-45)84-44-32(68)28(64)29(65)37(85-44)40(70)71)35(83-43-31(67)27(63)22(58)15(5-50)78-43)17(7-52)80-46(39)82-34(13(4-49)47-11(2)53)21(57)14(55)8-75-41-19(48-12(3)54)25(61)23(59)18(81-41)9-76-88(72,73)74/h10,13-39,41-46,49-52,55-69H,4-9H2,1-3H3,(H,47,53)(H,48,54)(H,70,71)(H,72,73,74)/t10-,13-,14+,15+,16+,17+,18+,19+,20+,21-,22-,23+,24-,25+,26+,27-,28-,29-,30-,31+,32+,33+,34+,35-,36-,37-,38-,39+,41+,42-,43-,44+,45-,46-/m0/s1. The van der Waals surface area contributed by atoms with Gasteiger partial charge in [0.05, 0.1) is 51.8 Å². The van der Waals surface area contributed by atoms with Gasteiger partial charge in [-0.05, 0) is 6.92 Å². The highest BCUT2D eigenvalue weighted by Gasteiger charge is 2.60. The summed E-state index contributed by atoms with van der Waals surface area (Å²) >= 11 is 0. The maximum atomic E-state index is 12.7. The summed E-state index contributed by atoms with van der Waals surface area (Å²) in [5, 5.41) is 223. The molecule has 2 amide bonds. The van der Waals surface area contributed by atoms with Crippen LogP contribution in [-0.4, -0.2) is 381 Å². The third kappa shape index (κ3) is 17.2. The predicted octanol–water partition coefficient (Wildman–Crippen LogP) is -15.4.